The van der Waals surface area contributed by atoms with Gasteiger partial charge in [-0.3, -0.25) is 9.78 Å². The van der Waals surface area contributed by atoms with Crippen LogP contribution in [0.25, 0.3) is 0 Å². The minimum atomic E-state index is -2.44. The number of hydrogen-bond acceptors (Lipinski definition) is 3. The second kappa shape index (κ2) is 9.95. The molecule has 166 valence electrons. The van der Waals surface area contributed by atoms with E-state index in [1.165, 1.54) is 11.1 Å². The van der Waals surface area contributed by atoms with Crippen LogP contribution in [-0.4, -0.2) is 10.8 Å². The van der Waals surface area contributed by atoms with Crippen LogP contribution in [0, 0.1) is 20.8 Å². The van der Waals surface area contributed by atoms with Crippen molar-refractivity contribution in [3.05, 3.63) is 125 Å². The Morgan fingerprint density at radius 1 is 0.758 bits per heavy atom. The summed E-state index contributed by atoms with van der Waals surface area (Å²) in [4.78, 5) is 18.4. The summed E-state index contributed by atoms with van der Waals surface area (Å²) in [6.07, 6.45) is 0.319. The molecule has 0 saturated heterocycles. The maximum atomic E-state index is 13.5. The van der Waals surface area contributed by atoms with Gasteiger partial charge in [0.1, 0.15) is 0 Å². The zero-order valence-corrected chi connectivity index (χ0v) is 20.9. The van der Waals surface area contributed by atoms with Crippen LogP contribution in [0.3, 0.4) is 0 Å². The molecule has 0 fully saturated rings. The molecule has 4 rings (SSSR count). The van der Waals surface area contributed by atoms with Gasteiger partial charge in [-0.15, -0.1) is 0 Å². The van der Waals surface area contributed by atoms with Crippen molar-refractivity contribution in [3.8, 4) is 0 Å². The lowest BCUT2D eigenvalue weighted by atomic mass is 10.0. The van der Waals surface area contributed by atoms with E-state index in [1.807, 2.05) is 55.5 Å². The summed E-state index contributed by atoms with van der Waals surface area (Å²) in [5.41, 5.74) is 4.71. The first-order valence-corrected chi connectivity index (χ1v) is 14.0. The van der Waals surface area contributed by atoms with Crippen molar-refractivity contribution in [1.82, 2.24) is 4.98 Å². The number of Topliss-reactive ketones (excluding diaryl/α,β-unsaturated/α-hetero) is 1. The number of benzene rings is 3. The summed E-state index contributed by atoms with van der Waals surface area (Å²) < 4.78 is 0. The van der Waals surface area contributed by atoms with Crippen LogP contribution >= 0.6 is 6.04 Å². The number of aromatic nitrogens is 1. The van der Waals surface area contributed by atoms with Crippen molar-refractivity contribution < 1.29 is 4.79 Å². The molecular weight excluding hydrogens is 441 g/mol. The molecule has 0 radical (unpaired) electrons. The highest BCUT2D eigenvalue weighted by molar-refractivity contribution is 8.22. The smallest absolute Gasteiger partial charge is 0.163 e. The standard InChI is InChI=1S/C29H28NOPS/c1-21-12-16-25(17-13-21)32(33,26-18-14-22(2)15-19-26)29(27-11-7-8-23(3)30-27)20-28(31)24-9-5-4-6-10-24/h4-19,29H,20H2,1-3H3/t29-/m0/s1. The Labute approximate surface area is 201 Å². The molecular formula is C29H28NOPS. The van der Waals surface area contributed by atoms with Gasteiger partial charge >= 0.3 is 0 Å². The van der Waals surface area contributed by atoms with Crippen LogP contribution in [-0.2, 0) is 11.8 Å². The fourth-order valence-electron chi connectivity index (χ4n) is 4.13. The minimum Gasteiger partial charge on any atom is -0.294 e. The van der Waals surface area contributed by atoms with Gasteiger partial charge in [0.15, 0.2) is 5.78 Å². The van der Waals surface area contributed by atoms with Crippen LogP contribution in [0.15, 0.2) is 97.1 Å². The summed E-state index contributed by atoms with van der Waals surface area (Å²) in [6, 6.07) is 30.1. The molecule has 0 aliphatic heterocycles. The van der Waals surface area contributed by atoms with Crippen molar-refractivity contribution in [2.24, 2.45) is 0 Å². The average Bonchev–Trinajstić information content (AvgIpc) is 2.83. The van der Waals surface area contributed by atoms with Crippen molar-refractivity contribution in [1.29, 1.82) is 0 Å². The highest BCUT2D eigenvalue weighted by Crippen LogP contribution is 2.59. The molecule has 3 aromatic carbocycles. The Hall–Kier alpha value is -2.87. The number of carbonyl (C=O) groups excluding carboxylic acids is 1. The number of nitrogens with zero attached hydrogens (tertiary/aromatic N) is 1. The third-order valence-corrected chi connectivity index (χ3v) is 11.5. The monoisotopic (exact) mass is 469 g/mol. The number of hydrogen-bond donors (Lipinski definition) is 0. The number of ketones is 1. The molecule has 0 bridgehead atoms. The van der Waals surface area contributed by atoms with Gasteiger partial charge in [-0.1, -0.05) is 108 Å². The maximum absolute atomic E-state index is 13.5. The predicted octanol–water partition coefficient (Wildman–Crippen LogP) is 6.45. The maximum Gasteiger partial charge on any atom is 0.163 e. The van der Waals surface area contributed by atoms with Crippen LogP contribution in [0.1, 0.15) is 45.0 Å². The lowest BCUT2D eigenvalue weighted by molar-refractivity contribution is 0.0981. The number of rotatable bonds is 7. The zero-order chi connectivity index (χ0) is 23.4. The van der Waals surface area contributed by atoms with Crippen LogP contribution in [0.2, 0.25) is 0 Å². The molecule has 0 spiro atoms. The lowest BCUT2D eigenvalue weighted by Crippen LogP contribution is -2.24. The third kappa shape index (κ3) is 5.05. The Bertz CT molecular complexity index is 1250. The second-order valence-electron chi connectivity index (χ2n) is 8.54. The molecule has 0 unspecified atom stereocenters. The molecule has 4 heteroatoms. The Morgan fingerprint density at radius 3 is 1.82 bits per heavy atom. The van der Waals surface area contributed by atoms with Crippen molar-refractivity contribution >= 4 is 34.2 Å². The van der Waals surface area contributed by atoms with E-state index in [1.54, 1.807) is 0 Å². The van der Waals surface area contributed by atoms with E-state index < -0.39 is 6.04 Å². The van der Waals surface area contributed by atoms with E-state index in [-0.39, 0.29) is 11.4 Å². The minimum absolute atomic E-state index is 0.0948. The summed E-state index contributed by atoms with van der Waals surface area (Å²) in [5, 5.41) is 2.22. The molecule has 0 saturated carbocycles. The molecule has 33 heavy (non-hydrogen) atoms. The summed E-state index contributed by atoms with van der Waals surface area (Å²) in [7, 11) is 0. The first-order chi connectivity index (χ1) is 15.9. The van der Waals surface area contributed by atoms with E-state index in [4.69, 9.17) is 16.8 Å². The highest BCUT2D eigenvalue weighted by Gasteiger charge is 2.36. The van der Waals surface area contributed by atoms with E-state index in [2.05, 4.69) is 62.4 Å². The van der Waals surface area contributed by atoms with Crippen molar-refractivity contribution in [2.45, 2.75) is 32.9 Å². The van der Waals surface area contributed by atoms with Gasteiger partial charge < -0.3 is 0 Å². The molecule has 0 amide bonds. The molecule has 4 aromatic rings. The number of pyridine rings is 1. The fraction of sp³-hybridized carbons (Fsp3) is 0.172. The van der Waals surface area contributed by atoms with E-state index in [0.717, 1.165) is 22.0 Å². The third-order valence-electron chi connectivity index (χ3n) is 6.00. The lowest BCUT2D eigenvalue weighted by Gasteiger charge is -2.32. The zero-order valence-electron chi connectivity index (χ0n) is 19.2. The first kappa shape index (κ1) is 23.3. The highest BCUT2D eigenvalue weighted by atomic mass is 32.4. The summed E-state index contributed by atoms with van der Waals surface area (Å²) >= 11 is 6.66. The Morgan fingerprint density at radius 2 is 1.30 bits per heavy atom. The van der Waals surface area contributed by atoms with E-state index in [9.17, 15) is 4.79 Å². The molecule has 0 N–H and O–H groups in total. The van der Waals surface area contributed by atoms with Gasteiger partial charge in [0.2, 0.25) is 0 Å². The van der Waals surface area contributed by atoms with Crippen LogP contribution < -0.4 is 10.6 Å². The van der Waals surface area contributed by atoms with Crippen LogP contribution in [0.4, 0.5) is 0 Å². The Balaban J connectivity index is 1.92. The fourth-order valence-corrected chi connectivity index (χ4v) is 8.55. The first-order valence-electron chi connectivity index (χ1n) is 11.1. The number of aryl methyl sites for hydroxylation is 3. The largest absolute Gasteiger partial charge is 0.294 e. The van der Waals surface area contributed by atoms with Gasteiger partial charge in [-0.25, -0.2) is 0 Å². The molecule has 1 aromatic heterocycles. The second-order valence-corrected chi connectivity index (χ2v) is 13.2. The molecule has 0 aliphatic carbocycles. The van der Waals surface area contributed by atoms with Gasteiger partial charge in [0.25, 0.3) is 0 Å². The summed E-state index contributed by atoms with van der Waals surface area (Å²) in [6.45, 7) is 6.15. The Kier molecular flexibility index (Phi) is 7.02. The van der Waals surface area contributed by atoms with Crippen LogP contribution in [0.5, 0.6) is 0 Å². The molecule has 1 atom stereocenters. The summed E-state index contributed by atoms with van der Waals surface area (Å²) in [5.74, 6) is 0.0948. The van der Waals surface area contributed by atoms with E-state index in [0.29, 0.717) is 12.0 Å². The topological polar surface area (TPSA) is 30.0 Å². The molecule has 1 heterocycles. The SMILES string of the molecule is Cc1ccc(P(=S)(c2ccc(C)cc2)[C@@H](CC(=O)c2ccccc2)c2cccc(C)n2)cc1. The normalized spacial score (nSPS) is 12.3. The quantitative estimate of drug-likeness (QED) is 0.230. The van der Waals surface area contributed by atoms with Gasteiger partial charge in [0.05, 0.1) is 0 Å². The van der Waals surface area contributed by atoms with E-state index >= 15 is 0 Å². The van der Waals surface area contributed by atoms with Crippen molar-refractivity contribution in [3.63, 3.8) is 0 Å². The average molecular weight is 470 g/mol. The van der Waals surface area contributed by atoms with Gasteiger partial charge in [0, 0.05) is 35.1 Å². The number of carbonyl (C=O) groups is 1. The van der Waals surface area contributed by atoms with Gasteiger partial charge in [-0.05, 0) is 43.5 Å². The predicted molar refractivity (Wildman–Crippen MR) is 143 cm³/mol. The molecule has 0 aliphatic rings. The molecule has 2 nitrogen and oxygen atoms in total. The van der Waals surface area contributed by atoms with Gasteiger partial charge in [-0.2, -0.15) is 0 Å². The van der Waals surface area contributed by atoms with Crippen molar-refractivity contribution in [2.75, 3.05) is 0 Å².